The summed E-state index contributed by atoms with van der Waals surface area (Å²) in [5, 5.41) is 7.01. The van der Waals surface area contributed by atoms with Gasteiger partial charge in [-0.2, -0.15) is 23.3 Å². The summed E-state index contributed by atoms with van der Waals surface area (Å²) in [4.78, 5) is 7.56. The van der Waals surface area contributed by atoms with Crippen molar-refractivity contribution in [1.82, 2.24) is 19.7 Å². The van der Waals surface area contributed by atoms with Gasteiger partial charge in [0.2, 0.25) is 5.95 Å². The Morgan fingerprint density at radius 1 is 1.33 bits per heavy atom. The van der Waals surface area contributed by atoms with Gasteiger partial charge >= 0.3 is 6.18 Å². The van der Waals surface area contributed by atoms with Crippen molar-refractivity contribution in [1.29, 1.82) is 0 Å². The van der Waals surface area contributed by atoms with E-state index in [4.69, 9.17) is 0 Å². The molecule has 112 valence electrons. The Balaban J connectivity index is 2.00. The molecule has 1 fully saturated rings. The van der Waals surface area contributed by atoms with Crippen molar-refractivity contribution >= 4 is 5.95 Å². The van der Waals surface area contributed by atoms with Crippen molar-refractivity contribution in [3.8, 4) is 5.82 Å². The van der Waals surface area contributed by atoms with Gasteiger partial charge in [-0.3, -0.25) is 0 Å². The van der Waals surface area contributed by atoms with E-state index in [0.29, 0.717) is 12.5 Å². The molecule has 2 aromatic rings. The highest BCUT2D eigenvalue weighted by Crippen LogP contribution is 2.39. The molecule has 1 N–H and O–H groups in total. The molecule has 1 saturated carbocycles. The highest BCUT2D eigenvalue weighted by Gasteiger charge is 2.34. The lowest BCUT2D eigenvalue weighted by atomic mass is 10.3. The molecule has 1 aliphatic carbocycles. The molecule has 0 radical (unpaired) electrons. The third-order valence-electron chi connectivity index (χ3n) is 3.18. The molecule has 0 amide bonds. The van der Waals surface area contributed by atoms with Crippen LogP contribution in [0.1, 0.15) is 37.1 Å². The Labute approximate surface area is 119 Å². The topological polar surface area (TPSA) is 55.6 Å². The van der Waals surface area contributed by atoms with Gasteiger partial charge in [0.1, 0.15) is 0 Å². The first-order chi connectivity index (χ1) is 9.97. The first-order valence-electron chi connectivity index (χ1n) is 6.73. The number of alkyl halides is 3. The molecule has 2 heterocycles. The van der Waals surface area contributed by atoms with Crippen LogP contribution in [0.2, 0.25) is 0 Å². The molecule has 5 nitrogen and oxygen atoms in total. The second-order valence-corrected chi connectivity index (χ2v) is 4.92. The second-order valence-electron chi connectivity index (χ2n) is 4.92. The summed E-state index contributed by atoms with van der Waals surface area (Å²) in [6.07, 6.45) is -0.728. The zero-order valence-electron chi connectivity index (χ0n) is 11.4. The molecule has 0 atom stereocenters. The van der Waals surface area contributed by atoms with Crippen LogP contribution < -0.4 is 5.32 Å². The van der Waals surface area contributed by atoms with E-state index >= 15 is 0 Å². The number of anilines is 1. The largest absolute Gasteiger partial charge is 0.433 e. The number of halogens is 3. The summed E-state index contributed by atoms with van der Waals surface area (Å²) < 4.78 is 40.1. The van der Waals surface area contributed by atoms with Gasteiger partial charge < -0.3 is 5.32 Å². The van der Waals surface area contributed by atoms with Crippen LogP contribution in [0, 0.1) is 0 Å². The summed E-state index contributed by atoms with van der Waals surface area (Å²) in [5.41, 5.74) is -0.0842. The lowest BCUT2D eigenvalue weighted by Crippen LogP contribution is -2.14. The van der Waals surface area contributed by atoms with Gasteiger partial charge in [-0.05, 0) is 25.8 Å². The zero-order chi connectivity index (χ0) is 15.0. The van der Waals surface area contributed by atoms with E-state index in [2.05, 4.69) is 20.4 Å². The Bertz CT molecular complexity index is 645. The lowest BCUT2D eigenvalue weighted by molar-refractivity contribution is -0.141. The highest BCUT2D eigenvalue weighted by atomic mass is 19.4. The van der Waals surface area contributed by atoms with E-state index < -0.39 is 11.9 Å². The Kier molecular flexibility index (Phi) is 3.30. The molecule has 0 unspecified atom stereocenters. The predicted molar refractivity (Wildman–Crippen MR) is 70.3 cm³/mol. The molecular weight excluding hydrogens is 283 g/mol. The van der Waals surface area contributed by atoms with Crippen molar-refractivity contribution in [2.45, 2.75) is 31.9 Å². The molecule has 2 aromatic heterocycles. The molecule has 0 spiro atoms. The molecular formula is C13H14F3N5. The fraction of sp³-hybridized carbons (Fsp3) is 0.462. The summed E-state index contributed by atoms with van der Waals surface area (Å²) in [7, 11) is 0. The smallest absolute Gasteiger partial charge is 0.354 e. The van der Waals surface area contributed by atoms with Gasteiger partial charge in [0.15, 0.2) is 11.5 Å². The van der Waals surface area contributed by atoms with Gasteiger partial charge in [0.05, 0.1) is 5.69 Å². The molecule has 0 aromatic carbocycles. The van der Waals surface area contributed by atoms with Crippen LogP contribution in [0.3, 0.4) is 0 Å². The van der Waals surface area contributed by atoms with Gasteiger partial charge in [-0.15, -0.1) is 0 Å². The SMILES string of the molecule is CCNc1nc(-n2ccc(C3CC3)n2)cc(C(F)(F)F)n1. The average molecular weight is 297 g/mol. The van der Waals surface area contributed by atoms with Crippen LogP contribution in [-0.4, -0.2) is 26.3 Å². The maximum atomic E-state index is 12.9. The molecule has 0 saturated heterocycles. The van der Waals surface area contributed by atoms with E-state index in [1.807, 2.05) is 6.07 Å². The number of rotatable bonds is 4. The van der Waals surface area contributed by atoms with E-state index in [1.54, 1.807) is 13.1 Å². The fourth-order valence-corrected chi connectivity index (χ4v) is 2.00. The van der Waals surface area contributed by atoms with Crippen LogP contribution in [0.15, 0.2) is 18.3 Å². The molecule has 0 bridgehead atoms. The standard InChI is InChI=1S/C13H14F3N5/c1-2-17-12-18-10(13(14,15)16)7-11(19-12)21-6-5-9(20-21)8-3-4-8/h5-8H,2-4H2,1H3,(H,17,18,19). The van der Waals surface area contributed by atoms with Crippen LogP contribution in [0.4, 0.5) is 19.1 Å². The van der Waals surface area contributed by atoms with E-state index in [0.717, 1.165) is 24.6 Å². The van der Waals surface area contributed by atoms with Crippen LogP contribution in [-0.2, 0) is 6.18 Å². The minimum absolute atomic E-state index is 0.0502. The predicted octanol–water partition coefficient (Wildman–Crippen LogP) is 2.99. The quantitative estimate of drug-likeness (QED) is 0.942. The third kappa shape index (κ3) is 2.98. The van der Waals surface area contributed by atoms with Gasteiger partial charge in [-0.1, -0.05) is 0 Å². The first kappa shape index (κ1) is 13.8. The summed E-state index contributed by atoms with van der Waals surface area (Å²) >= 11 is 0. The summed E-state index contributed by atoms with van der Waals surface area (Å²) in [5.74, 6) is 0.495. The van der Waals surface area contributed by atoms with E-state index in [-0.39, 0.29) is 11.8 Å². The number of nitrogens with zero attached hydrogens (tertiary/aromatic N) is 4. The maximum Gasteiger partial charge on any atom is 0.433 e. The number of hydrogen-bond acceptors (Lipinski definition) is 4. The maximum absolute atomic E-state index is 12.9. The van der Waals surface area contributed by atoms with Gasteiger partial charge in [0.25, 0.3) is 0 Å². The lowest BCUT2D eigenvalue weighted by Gasteiger charge is -2.10. The number of nitrogens with one attached hydrogen (secondary N) is 1. The van der Waals surface area contributed by atoms with Crippen molar-refractivity contribution in [3.05, 3.63) is 29.7 Å². The van der Waals surface area contributed by atoms with E-state index in [1.165, 1.54) is 4.68 Å². The molecule has 1 aliphatic rings. The molecule has 0 aliphatic heterocycles. The van der Waals surface area contributed by atoms with Crippen molar-refractivity contribution < 1.29 is 13.2 Å². The minimum Gasteiger partial charge on any atom is -0.354 e. The summed E-state index contributed by atoms with van der Waals surface area (Å²) in [6.45, 7) is 2.20. The zero-order valence-corrected chi connectivity index (χ0v) is 11.4. The number of hydrogen-bond donors (Lipinski definition) is 1. The van der Waals surface area contributed by atoms with Gasteiger partial charge in [0, 0.05) is 24.7 Å². The Morgan fingerprint density at radius 3 is 2.71 bits per heavy atom. The Morgan fingerprint density at radius 2 is 2.10 bits per heavy atom. The second kappa shape index (κ2) is 5.01. The van der Waals surface area contributed by atoms with Crippen LogP contribution >= 0.6 is 0 Å². The third-order valence-corrected chi connectivity index (χ3v) is 3.18. The van der Waals surface area contributed by atoms with E-state index in [9.17, 15) is 13.2 Å². The molecule has 21 heavy (non-hydrogen) atoms. The number of aromatic nitrogens is 4. The molecule has 3 rings (SSSR count). The highest BCUT2D eigenvalue weighted by molar-refractivity contribution is 5.36. The van der Waals surface area contributed by atoms with Crippen LogP contribution in [0.25, 0.3) is 5.82 Å². The summed E-state index contributed by atoms with van der Waals surface area (Å²) in [6, 6.07) is 2.73. The fourth-order valence-electron chi connectivity index (χ4n) is 2.00. The average Bonchev–Trinajstić information content (AvgIpc) is 3.15. The van der Waals surface area contributed by atoms with Crippen LogP contribution in [0.5, 0.6) is 0 Å². The molecule has 8 heteroatoms. The normalized spacial score (nSPS) is 15.2. The van der Waals surface area contributed by atoms with Crippen molar-refractivity contribution in [3.63, 3.8) is 0 Å². The minimum atomic E-state index is -4.52. The van der Waals surface area contributed by atoms with Crippen molar-refractivity contribution in [2.75, 3.05) is 11.9 Å². The Hall–Kier alpha value is -2.12. The van der Waals surface area contributed by atoms with Gasteiger partial charge in [-0.25, -0.2) is 9.67 Å². The first-order valence-corrected chi connectivity index (χ1v) is 6.73. The monoisotopic (exact) mass is 297 g/mol. The van der Waals surface area contributed by atoms with Crippen molar-refractivity contribution in [2.24, 2.45) is 0 Å².